The number of rotatable bonds is 2. The van der Waals surface area contributed by atoms with Crippen molar-refractivity contribution in [3.05, 3.63) is 47.6 Å². The standard InChI is InChI=1S/C11H7BrN4O2S/c12-8-3-1-2-4-10(8)19(17,18)16-7-15-11-9(16)5-13-6-14-11/h1-7H. The van der Waals surface area contributed by atoms with Gasteiger partial charge in [0.25, 0.3) is 10.0 Å². The van der Waals surface area contributed by atoms with Crippen molar-refractivity contribution in [3.8, 4) is 0 Å². The van der Waals surface area contributed by atoms with Gasteiger partial charge in [0.2, 0.25) is 0 Å². The fourth-order valence-corrected chi connectivity index (χ4v) is 3.93. The molecule has 0 unspecified atom stereocenters. The minimum absolute atomic E-state index is 0.165. The van der Waals surface area contributed by atoms with Crippen LogP contribution in [0.1, 0.15) is 0 Å². The first-order chi connectivity index (χ1) is 9.10. The second-order valence-corrected chi connectivity index (χ2v) is 6.35. The molecule has 0 aliphatic rings. The highest BCUT2D eigenvalue weighted by molar-refractivity contribution is 9.10. The highest BCUT2D eigenvalue weighted by Crippen LogP contribution is 2.25. The molecule has 3 rings (SSSR count). The molecule has 2 heterocycles. The highest BCUT2D eigenvalue weighted by Gasteiger charge is 2.22. The van der Waals surface area contributed by atoms with Crippen LogP contribution in [0.25, 0.3) is 11.2 Å². The summed E-state index contributed by atoms with van der Waals surface area (Å²) in [5, 5.41) is 0. The van der Waals surface area contributed by atoms with Crippen LogP contribution in [-0.4, -0.2) is 27.3 Å². The molecule has 0 N–H and O–H groups in total. The minimum Gasteiger partial charge on any atom is -0.242 e. The molecule has 0 bridgehead atoms. The van der Waals surface area contributed by atoms with Crippen LogP contribution in [0.15, 0.2) is 52.5 Å². The van der Waals surface area contributed by atoms with Crippen LogP contribution in [0.3, 0.4) is 0 Å². The van der Waals surface area contributed by atoms with Gasteiger partial charge >= 0.3 is 0 Å². The number of benzene rings is 1. The lowest BCUT2D eigenvalue weighted by atomic mass is 10.4. The topological polar surface area (TPSA) is 77.7 Å². The normalized spacial score (nSPS) is 11.8. The van der Waals surface area contributed by atoms with E-state index in [0.717, 1.165) is 3.97 Å². The van der Waals surface area contributed by atoms with E-state index < -0.39 is 10.0 Å². The van der Waals surface area contributed by atoms with Crippen LogP contribution < -0.4 is 0 Å². The van der Waals surface area contributed by atoms with Gasteiger partial charge in [-0.25, -0.2) is 27.3 Å². The van der Waals surface area contributed by atoms with Crippen LogP contribution in [0.5, 0.6) is 0 Å². The molecule has 0 radical (unpaired) electrons. The van der Waals surface area contributed by atoms with Gasteiger partial charge in [0.05, 0.1) is 6.20 Å². The molecule has 19 heavy (non-hydrogen) atoms. The van der Waals surface area contributed by atoms with E-state index in [1.807, 2.05) is 0 Å². The lowest BCUT2D eigenvalue weighted by Gasteiger charge is -2.07. The van der Waals surface area contributed by atoms with Crippen LogP contribution in [0.2, 0.25) is 0 Å². The fourth-order valence-electron chi connectivity index (χ4n) is 1.69. The smallest absolute Gasteiger partial charge is 0.242 e. The zero-order valence-corrected chi connectivity index (χ0v) is 11.8. The van der Waals surface area contributed by atoms with Gasteiger partial charge in [-0.2, -0.15) is 0 Å². The Kier molecular flexibility index (Phi) is 2.83. The molecule has 0 atom stereocenters. The molecule has 1 aromatic carbocycles. The van der Waals surface area contributed by atoms with Gasteiger partial charge in [0, 0.05) is 4.47 Å². The average molecular weight is 339 g/mol. The molecule has 96 valence electrons. The maximum Gasteiger partial charge on any atom is 0.270 e. The zero-order chi connectivity index (χ0) is 13.5. The van der Waals surface area contributed by atoms with Gasteiger partial charge in [0.15, 0.2) is 5.65 Å². The van der Waals surface area contributed by atoms with Crippen LogP contribution in [0, 0.1) is 0 Å². The highest BCUT2D eigenvalue weighted by atomic mass is 79.9. The van der Waals surface area contributed by atoms with E-state index in [-0.39, 0.29) is 4.90 Å². The lowest BCUT2D eigenvalue weighted by Crippen LogP contribution is -2.12. The fraction of sp³-hybridized carbons (Fsp3) is 0. The zero-order valence-electron chi connectivity index (χ0n) is 9.43. The summed E-state index contributed by atoms with van der Waals surface area (Å²) in [6, 6.07) is 6.60. The summed E-state index contributed by atoms with van der Waals surface area (Å²) in [5.41, 5.74) is 0.684. The number of imidazole rings is 1. The third-order valence-corrected chi connectivity index (χ3v) is 5.24. The number of hydrogen-bond acceptors (Lipinski definition) is 5. The Morgan fingerprint density at radius 1 is 1.16 bits per heavy atom. The van der Waals surface area contributed by atoms with E-state index in [2.05, 4.69) is 30.9 Å². The Balaban J connectivity index is 2.29. The van der Waals surface area contributed by atoms with Crippen molar-refractivity contribution in [3.63, 3.8) is 0 Å². The predicted octanol–water partition coefficient (Wildman–Crippen LogP) is 1.83. The third kappa shape index (κ3) is 1.92. The maximum absolute atomic E-state index is 12.6. The van der Waals surface area contributed by atoms with Gasteiger partial charge in [-0.15, -0.1) is 0 Å². The van der Waals surface area contributed by atoms with Gasteiger partial charge in [-0.1, -0.05) is 12.1 Å². The van der Waals surface area contributed by atoms with E-state index >= 15 is 0 Å². The molecule has 0 amide bonds. The Morgan fingerprint density at radius 3 is 2.74 bits per heavy atom. The Labute approximate surface area is 117 Å². The second kappa shape index (κ2) is 4.39. The second-order valence-electron chi connectivity index (χ2n) is 3.71. The molecular weight excluding hydrogens is 332 g/mol. The summed E-state index contributed by atoms with van der Waals surface area (Å²) in [6.07, 6.45) is 3.97. The first kappa shape index (κ1) is 12.2. The van der Waals surface area contributed by atoms with Gasteiger partial charge < -0.3 is 0 Å². The summed E-state index contributed by atoms with van der Waals surface area (Å²) >= 11 is 3.24. The predicted molar refractivity (Wildman–Crippen MR) is 72.0 cm³/mol. The molecule has 2 aromatic heterocycles. The van der Waals surface area contributed by atoms with Crippen LogP contribution in [-0.2, 0) is 10.0 Å². The van der Waals surface area contributed by atoms with Crippen LogP contribution in [0.4, 0.5) is 0 Å². The number of hydrogen-bond donors (Lipinski definition) is 0. The molecule has 0 fully saturated rings. The molecule has 0 spiro atoms. The maximum atomic E-state index is 12.6. The quantitative estimate of drug-likeness (QED) is 0.712. The van der Waals surface area contributed by atoms with Gasteiger partial charge in [0.1, 0.15) is 23.1 Å². The summed E-state index contributed by atoms with van der Waals surface area (Å²) in [4.78, 5) is 11.9. The first-order valence-electron chi connectivity index (χ1n) is 5.24. The number of aromatic nitrogens is 4. The molecule has 0 saturated carbocycles. The summed E-state index contributed by atoms with van der Waals surface area (Å²) < 4.78 is 26.7. The van der Waals surface area contributed by atoms with Crippen LogP contribution >= 0.6 is 15.9 Å². The van der Waals surface area contributed by atoms with Crippen molar-refractivity contribution in [2.24, 2.45) is 0 Å². The third-order valence-electron chi connectivity index (χ3n) is 2.57. The summed E-state index contributed by atoms with van der Waals surface area (Å²) in [6.45, 7) is 0. The first-order valence-corrected chi connectivity index (χ1v) is 7.47. The molecule has 0 saturated heterocycles. The monoisotopic (exact) mass is 338 g/mol. The SMILES string of the molecule is O=S(=O)(c1ccccc1Br)n1cnc2ncncc21. The van der Waals surface area contributed by atoms with E-state index in [4.69, 9.17) is 0 Å². The van der Waals surface area contributed by atoms with Gasteiger partial charge in [-0.3, -0.25) is 0 Å². The van der Waals surface area contributed by atoms with E-state index in [1.165, 1.54) is 24.9 Å². The van der Waals surface area contributed by atoms with Crippen molar-refractivity contribution < 1.29 is 8.42 Å². The molecule has 6 nitrogen and oxygen atoms in total. The largest absolute Gasteiger partial charge is 0.270 e. The summed E-state index contributed by atoms with van der Waals surface area (Å²) in [7, 11) is -3.73. The Hall–Kier alpha value is -1.80. The molecule has 0 aliphatic heterocycles. The Morgan fingerprint density at radius 2 is 1.95 bits per heavy atom. The van der Waals surface area contributed by atoms with E-state index in [0.29, 0.717) is 15.6 Å². The molecular formula is C11H7BrN4O2S. The van der Waals surface area contributed by atoms with E-state index in [9.17, 15) is 8.42 Å². The van der Waals surface area contributed by atoms with Crippen molar-refractivity contribution >= 4 is 37.1 Å². The molecule has 0 aliphatic carbocycles. The number of fused-ring (bicyclic) bond motifs is 1. The molecule has 3 aromatic rings. The average Bonchev–Trinajstić information content (AvgIpc) is 2.83. The van der Waals surface area contributed by atoms with Crippen molar-refractivity contribution in [1.29, 1.82) is 0 Å². The number of halogens is 1. The van der Waals surface area contributed by atoms with Crippen molar-refractivity contribution in [1.82, 2.24) is 18.9 Å². The Bertz CT molecular complexity index is 860. The van der Waals surface area contributed by atoms with Gasteiger partial charge in [-0.05, 0) is 28.1 Å². The lowest BCUT2D eigenvalue weighted by molar-refractivity contribution is 0.588. The van der Waals surface area contributed by atoms with Crippen molar-refractivity contribution in [2.45, 2.75) is 4.90 Å². The molecule has 8 heteroatoms. The minimum atomic E-state index is -3.73. The number of nitrogens with zero attached hydrogens (tertiary/aromatic N) is 4. The van der Waals surface area contributed by atoms with E-state index in [1.54, 1.807) is 18.2 Å². The van der Waals surface area contributed by atoms with Crippen molar-refractivity contribution in [2.75, 3.05) is 0 Å². The summed E-state index contributed by atoms with van der Waals surface area (Å²) in [5.74, 6) is 0.